The molecule has 1 aliphatic heterocycles. The second-order valence-electron chi connectivity index (χ2n) is 5.81. The molecule has 3 aromatic rings. The number of hydrogen-bond donors (Lipinski definition) is 3. The van der Waals surface area contributed by atoms with E-state index in [-0.39, 0.29) is 12.4 Å². The van der Waals surface area contributed by atoms with E-state index in [1.54, 1.807) is 6.20 Å². The molecule has 0 spiro atoms. The van der Waals surface area contributed by atoms with Crippen molar-refractivity contribution < 1.29 is 0 Å². The molecule has 4 rings (SSSR count). The van der Waals surface area contributed by atoms with Gasteiger partial charge >= 0.3 is 0 Å². The minimum absolute atomic E-state index is 0. The van der Waals surface area contributed by atoms with Gasteiger partial charge in [0.25, 0.3) is 0 Å². The standard InChI is InChI=1S/C17H18ClN5.ClH/c18-14-10-21-17(22-11-5-7-19-8-6-11)23-16(14)13-9-20-15-4-2-1-3-12(13)15;/h1-4,9-11,19-20H,5-8H2,(H,21,22,23);1H. The number of fused-ring (bicyclic) bond motifs is 1. The lowest BCUT2D eigenvalue weighted by molar-refractivity contribution is 0.477. The molecule has 2 aromatic heterocycles. The van der Waals surface area contributed by atoms with Crippen LogP contribution in [0, 0.1) is 0 Å². The molecule has 0 saturated carbocycles. The van der Waals surface area contributed by atoms with Crippen molar-refractivity contribution in [3.05, 3.63) is 41.7 Å². The summed E-state index contributed by atoms with van der Waals surface area (Å²) in [6.45, 7) is 2.06. The molecule has 5 nitrogen and oxygen atoms in total. The van der Waals surface area contributed by atoms with Gasteiger partial charge in [0.2, 0.25) is 5.95 Å². The van der Waals surface area contributed by atoms with Crippen LogP contribution in [0.2, 0.25) is 5.02 Å². The highest BCUT2D eigenvalue weighted by molar-refractivity contribution is 6.33. The summed E-state index contributed by atoms with van der Waals surface area (Å²) in [4.78, 5) is 12.3. The van der Waals surface area contributed by atoms with Crippen LogP contribution in [-0.4, -0.2) is 34.1 Å². The molecule has 1 aromatic carbocycles. The van der Waals surface area contributed by atoms with Crippen LogP contribution in [0.15, 0.2) is 36.7 Å². The number of piperidine rings is 1. The van der Waals surface area contributed by atoms with Gasteiger partial charge in [0.15, 0.2) is 0 Å². The maximum absolute atomic E-state index is 6.35. The zero-order valence-corrected chi connectivity index (χ0v) is 14.6. The van der Waals surface area contributed by atoms with E-state index in [1.807, 2.05) is 24.4 Å². The fourth-order valence-corrected chi connectivity index (χ4v) is 3.23. The molecule has 0 radical (unpaired) electrons. The molecule has 24 heavy (non-hydrogen) atoms. The quantitative estimate of drug-likeness (QED) is 0.660. The Balaban J connectivity index is 0.00000169. The molecule has 126 valence electrons. The van der Waals surface area contributed by atoms with Gasteiger partial charge in [0.05, 0.1) is 16.9 Å². The Kier molecular flexibility index (Phi) is 5.23. The Morgan fingerprint density at radius 3 is 2.79 bits per heavy atom. The lowest BCUT2D eigenvalue weighted by atomic mass is 10.1. The van der Waals surface area contributed by atoms with E-state index in [0.29, 0.717) is 17.0 Å². The fourth-order valence-electron chi connectivity index (χ4n) is 3.04. The zero-order chi connectivity index (χ0) is 15.6. The van der Waals surface area contributed by atoms with Crippen LogP contribution < -0.4 is 10.6 Å². The summed E-state index contributed by atoms with van der Waals surface area (Å²) >= 11 is 6.35. The summed E-state index contributed by atoms with van der Waals surface area (Å²) in [7, 11) is 0. The van der Waals surface area contributed by atoms with Gasteiger partial charge in [-0.1, -0.05) is 29.8 Å². The average Bonchev–Trinajstić information content (AvgIpc) is 3.01. The van der Waals surface area contributed by atoms with Crippen molar-refractivity contribution in [3.8, 4) is 11.3 Å². The predicted octanol–water partition coefficient (Wildman–Crippen LogP) is 3.86. The topological polar surface area (TPSA) is 65.6 Å². The molecule has 0 bridgehead atoms. The van der Waals surface area contributed by atoms with Gasteiger partial charge in [0.1, 0.15) is 0 Å². The maximum Gasteiger partial charge on any atom is 0.223 e. The van der Waals surface area contributed by atoms with Crippen molar-refractivity contribution in [3.63, 3.8) is 0 Å². The van der Waals surface area contributed by atoms with Crippen molar-refractivity contribution in [1.29, 1.82) is 0 Å². The van der Waals surface area contributed by atoms with E-state index in [2.05, 4.69) is 31.7 Å². The van der Waals surface area contributed by atoms with E-state index in [0.717, 1.165) is 48.1 Å². The van der Waals surface area contributed by atoms with Gasteiger partial charge in [0, 0.05) is 28.7 Å². The van der Waals surface area contributed by atoms with E-state index < -0.39 is 0 Å². The third kappa shape index (κ3) is 3.34. The lowest BCUT2D eigenvalue weighted by Gasteiger charge is -2.23. The number of aromatic amines is 1. The van der Waals surface area contributed by atoms with Gasteiger partial charge in [-0.2, -0.15) is 0 Å². The second-order valence-corrected chi connectivity index (χ2v) is 6.21. The van der Waals surface area contributed by atoms with Crippen LogP contribution in [0.1, 0.15) is 12.8 Å². The minimum Gasteiger partial charge on any atom is -0.360 e. The first-order valence-electron chi connectivity index (χ1n) is 7.87. The van der Waals surface area contributed by atoms with Gasteiger partial charge < -0.3 is 15.6 Å². The molecule has 1 saturated heterocycles. The lowest BCUT2D eigenvalue weighted by Crippen LogP contribution is -2.35. The molecule has 1 aliphatic rings. The Morgan fingerprint density at radius 1 is 1.17 bits per heavy atom. The molecule has 3 heterocycles. The number of nitrogens with one attached hydrogen (secondary N) is 3. The van der Waals surface area contributed by atoms with Crippen molar-refractivity contribution in [2.45, 2.75) is 18.9 Å². The van der Waals surface area contributed by atoms with Crippen molar-refractivity contribution in [2.24, 2.45) is 0 Å². The summed E-state index contributed by atoms with van der Waals surface area (Å²) < 4.78 is 0. The highest BCUT2D eigenvalue weighted by Gasteiger charge is 2.16. The van der Waals surface area contributed by atoms with E-state index in [4.69, 9.17) is 11.6 Å². The summed E-state index contributed by atoms with van der Waals surface area (Å²) in [5.41, 5.74) is 2.84. The van der Waals surface area contributed by atoms with Crippen LogP contribution in [0.4, 0.5) is 5.95 Å². The van der Waals surface area contributed by atoms with Gasteiger partial charge in [-0.3, -0.25) is 0 Å². The molecular weight excluding hydrogens is 345 g/mol. The van der Waals surface area contributed by atoms with E-state index in [1.165, 1.54) is 0 Å². The number of hydrogen-bond acceptors (Lipinski definition) is 4. The van der Waals surface area contributed by atoms with Crippen molar-refractivity contribution >= 4 is 40.9 Å². The molecule has 7 heteroatoms. The molecular formula is C17H19Cl2N5. The van der Waals surface area contributed by atoms with Gasteiger partial charge in [-0.05, 0) is 32.0 Å². The highest BCUT2D eigenvalue weighted by Crippen LogP contribution is 2.32. The Labute approximate surface area is 151 Å². The normalized spacial score (nSPS) is 15.2. The Hall–Kier alpha value is -1.82. The summed E-state index contributed by atoms with van der Waals surface area (Å²) in [5.74, 6) is 0.640. The van der Waals surface area contributed by atoms with Crippen LogP contribution in [0.3, 0.4) is 0 Å². The third-order valence-electron chi connectivity index (χ3n) is 4.26. The van der Waals surface area contributed by atoms with Gasteiger partial charge in [-0.15, -0.1) is 12.4 Å². The third-order valence-corrected chi connectivity index (χ3v) is 4.54. The Morgan fingerprint density at radius 2 is 1.96 bits per heavy atom. The molecule has 3 N–H and O–H groups in total. The maximum atomic E-state index is 6.35. The molecule has 0 amide bonds. The van der Waals surface area contributed by atoms with E-state index in [9.17, 15) is 0 Å². The predicted molar refractivity (Wildman–Crippen MR) is 101 cm³/mol. The van der Waals surface area contributed by atoms with Gasteiger partial charge in [-0.25, -0.2) is 9.97 Å². The molecule has 0 unspecified atom stereocenters. The van der Waals surface area contributed by atoms with Crippen molar-refractivity contribution in [2.75, 3.05) is 18.4 Å². The molecule has 1 fully saturated rings. The second kappa shape index (κ2) is 7.38. The SMILES string of the molecule is Cl.Clc1cnc(NC2CCNCC2)nc1-c1c[nH]c2ccccc12. The van der Waals surface area contributed by atoms with Crippen molar-refractivity contribution in [1.82, 2.24) is 20.3 Å². The van der Waals surface area contributed by atoms with Crippen LogP contribution in [-0.2, 0) is 0 Å². The summed E-state index contributed by atoms with van der Waals surface area (Å²) in [6, 6.07) is 8.55. The largest absolute Gasteiger partial charge is 0.360 e. The monoisotopic (exact) mass is 363 g/mol. The first kappa shape index (κ1) is 17.0. The number of H-pyrrole nitrogens is 1. The smallest absolute Gasteiger partial charge is 0.223 e. The number of nitrogens with zero attached hydrogens (tertiary/aromatic N) is 2. The summed E-state index contributed by atoms with van der Waals surface area (Å²) in [5, 5.41) is 8.46. The molecule has 0 aliphatic carbocycles. The van der Waals surface area contributed by atoms with Crippen LogP contribution >= 0.6 is 24.0 Å². The number of anilines is 1. The zero-order valence-electron chi connectivity index (χ0n) is 13.1. The first-order valence-corrected chi connectivity index (χ1v) is 8.25. The fraction of sp³-hybridized carbons (Fsp3) is 0.294. The number of para-hydroxylation sites is 1. The number of benzene rings is 1. The van der Waals surface area contributed by atoms with E-state index >= 15 is 0 Å². The number of halogens is 2. The summed E-state index contributed by atoms with van der Waals surface area (Å²) in [6.07, 6.45) is 5.78. The number of rotatable bonds is 3. The van der Waals surface area contributed by atoms with Crippen LogP contribution in [0.25, 0.3) is 22.2 Å². The first-order chi connectivity index (χ1) is 11.3. The number of aromatic nitrogens is 3. The molecule has 0 atom stereocenters. The minimum atomic E-state index is 0. The average molecular weight is 364 g/mol. The Bertz CT molecular complexity index is 827. The highest BCUT2D eigenvalue weighted by atomic mass is 35.5. The van der Waals surface area contributed by atoms with Crippen LogP contribution in [0.5, 0.6) is 0 Å².